The standard InChI is InChI=1S/C12H22N4O2S2/c1-10-12(19-9-14-10)8-15-20(17,18)16-6-4-3-5-11(16)7-13-2/h9,11,13,15H,3-8H2,1-2H3. The molecular formula is C12H22N4O2S2. The number of likely N-dealkylation sites (N-methyl/N-ethyl adjacent to an activating group) is 1. The Labute approximate surface area is 124 Å². The predicted molar refractivity (Wildman–Crippen MR) is 80.9 cm³/mol. The van der Waals surface area contributed by atoms with Crippen molar-refractivity contribution in [3.8, 4) is 0 Å². The number of hydrogen-bond acceptors (Lipinski definition) is 5. The van der Waals surface area contributed by atoms with Gasteiger partial charge in [0.25, 0.3) is 10.2 Å². The molecule has 1 aliphatic rings. The van der Waals surface area contributed by atoms with Crippen LogP contribution < -0.4 is 10.0 Å². The number of aromatic nitrogens is 1. The number of nitrogens with zero attached hydrogens (tertiary/aromatic N) is 2. The van der Waals surface area contributed by atoms with E-state index in [9.17, 15) is 8.42 Å². The van der Waals surface area contributed by atoms with Crippen molar-refractivity contribution in [2.45, 2.75) is 38.8 Å². The van der Waals surface area contributed by atoms with E-state index in [0.29, 0.717) is 19.6 Å². The van der Waals surface area contributed by atoms with Crippen molar-refractivity contribution >= 4 is 21.5 Å². The summed E-state index contributed by atoms with van der Waals surface area (Å²) in [5, 5.41) is 3.08. The number of nitrogens with one attached hydrogen (secondary N) is 2. The monoisotopic (exact) mass is 318 g/mol. The molecule has 2 N–H and O–H groups in total. The summed E-state index contributed by atoms with van der Waals surface area (Å²) >= 11 is 1.48. The lowest BCUT2D eigenvalue weighted by Crippen LogP contribution is -2.51. The highest BCUT2D eigenvalue weighted by Crippen LogP contribution is 2.20. The molecule has 1 aromatic heterocycles. The number of thiazole rings is 1. The average Bonchev–Trinajstić information content (AvgIpc) is 2.83. The van der Waals surface area contributed by atoms with Gasteiger partial charge in [0.1, 0.15) is 0 Å². The summed E-state index contributed by atoms with van der Waals surface area (Å²) in [4.78, 5) is 5.10. The lowest BCUT2D eigenvalue weighted by molar-refractivity contribution is 0.246. The van der Waals surface area contributed by atoms with Crippen LogP contribution in [0.2, 0.25) is 0 Å². The van der Waals surface area contributed by atoms with E-state index in [1.54, 1.807) is 9.82 Å². The Kier molecular flexibility index (Phi) is 5.50. The Morgan fingerprint density at radius 1 is 1.50 bits per heavy atom. The van der Waals surface area contributed by atoms with E-state index in [2.05, 4.69) is 15.0 Å². The second kappa shape index (κ2) is 6.95. The third kappa shape index (κ3) is 3.76. The summed E-state index contributed by atoms with van der Waals surface area (Å²) in [7, 11) is -1.57. The molecule has 114 valence electrons. The van der Waals surface area contributed by atoms with Crippen LogP contribution >= 0.6 is 11.3 Å². The molecule has 1 unspecified atom stereocenters. The zero-order valence-corrected chi connectivity index (χ0v) is 13.6. The quantitative estimate of drug-likeness (QED) is 0.816. The van der Waals surface area contributed by atoms with Crippen LogP contribution in [0.15, 0.2) is 5.51 Å². The van der Waals surface area contributed by atoms with Crippen molar-refractivity contribution in [3.63, 3.8) is 0 Å². The summed E-state index contributed by atoms with van der Waals surface area (Å²) in [6.07, 6.45) is 2.94. The summed E-state index contributed by atoms with van der Waals surface area (Å²) in [5.41, 5.74) is 2.63. The normalized spacial score (nSPS) is 21.2. The first-order valence-corrected chi connectivity index (χ1v) is 9.16. The van der Waals surface area contributed by atoms with E-state index in [-0.39, 0.29) is 6.04 Å². The van der Waals surface area contributed by atoms with Gasteiger partial charge in [0.2, 0.25) is 0 Å². The molecule has 0 amide bonds. The van der Waals surface area contributed by atoms with Gasteiger partial charge in [0.15, 0.2) is 0 Å². The van der Waals surface area contributed by atoms with Crippen molar-refractivity contribution in [3.05, 3.63) is 16.1 Å². The Balaban J connectivity index is 2.02. The van der Waals surface area contributed by atoms with E-state index < -0.39 is 10.2 Å². The van der Waals surface area contributed by atoms with Gasteiger partial charge in [-0.25, -0.2) is 4.98 Å². The Morgan fingerprint density at radius 2 is 2.30 bits per heavy atom. The highest BCUT2D eigenvalue weighted by molar-refractivity contribution is 7.87. The molecule has 6 nitrogen and oxygen atoms in total. The maximum absolute atomic E-state index is 12.4. The smallest absolute Gasteiger partial charge is 0.280 e. The molecule has 0 radical (unpaired) electrons. The van der Waals surface area contributed by atoms with Crippen LogP contribution in [0.3, 0.4) is 0 Å². The van der Waals surface area contributed by atoms with Gasteiger partial charge in [-0.1, -0.05) is 6.42 Å². The first-order chi connectivity index (χ1) is 9.54. The van der Waals surface area contributed by atoms with Crippen LogP contribution in [-0.4, -0.2) is 43.9 Å². The van der Waals surface area contributed by atoms with Gasteiger partial charge in [-0.05, 0) is 26.8 Å². The summed E-state index contributed by atoms with van der Waals surface area (Å²) in [6.45, 7) is 3.51. The first-order valence-electron chi connectivity index (χ1n) is 6.84. The molecule has 20 heavy (non-hydrogen) atoms. The maximum atomic E-state index is 12.4. The largest absolute Gasteiger partial charge is 0.318 e. The number of aryl methyl sites for hydroxylation is 1. The minimum Gasteiger partial charge on any atom is -0.318 e. The second-order valence-electron chi connectivity index (χ2n) is 5.01. The molecule has 8 heteroatoms. The molecule has 2 heterocycles. The van der Waals surface area contributed by atoms with Gasteiger partial charge < -0.3 is 5.32 Å². The fourth-order valence-corrected chi connectivity index (χ4v) is 4.71. The van der Waals surface area contributed by atoms with Crippen LogP contribution in [0.1, 0.15) is 29.8 Å². The van der Waals surface area contributed by atoms with E-state index in [1.807, 2.05) is 14.0 Å². The average molecular weight is 318 g/mol. The van der Waals surface area contributed by atoms with E-state index in [0.717, 1.165) is 29.8 Å². The highest BCUT2D eigenvalue weighted by Gasteiger charge is 2.31. The summed E-state index contributed by atoms with van der Waals surface area (Å²) < 4.78 is 29.2. The molecule has 1 atom stereocenters. The third-order valence-corrected chi connectivity index (χ3v) is 6.12. The van der Waals surface area contributed by atoms with E-state index in [1.165, 1.54) is 11.3 Å². The topological polar surface area (TPSA) is 74.3 Å². The number of hydrogen-bond donors (Lipinski definition) is 2. The van der Waals surface area contributed by atoms with Crippen molar-refractivity contribution in [2.24, 2.45) is 0 Å². The second-order valence-corrected chi connectivity index (χ2v) is 7.65. The van der Waals surface area contributed by atoms with Crippen LogP contribution in [0.25, 0.3) is 0 Å². The maximum Gasteiger partial charge on any atom is 0.280 e. The number of piperidine rings is 1. The molecule has 1 aromatic rings. The van der Waals surface area contributed by atoms with E-state index >= 15 is 0 Å². The van der Waals surface area contributed by atoms with Gasteiger partial charge >= 0.3 is 0 Å². The third-order valence-electron chi connectivity index (χ3n) is 3.58. The fraction of sp³-hybridized carbons (Fsp3) is 0.750. The summed E-state index contributed by atoms with van der Waals surface area (Å²) in [5.74, 6) is 0. The molecule has 0 spiro atoms. The summed E-state index contributed by atoms with van der Waals surface area (Å²) in [6, 6.07) is 0.0498. The fourth-order valence-electron chi connectivity index (χ4n) is 2.47. The Bertz CT molecular complexity index is 527. The predicted octanol–water partition coefficient (Wildman–Crippen LogP) is 0.860. The van der Waals surface area contributed by atoms with Crippen LogP contribution in [0, 0.1) is 6.92 Å². The molecule has 0 aliphatic carbocycles. The molecule has 1 fully saturated rings. The van der Waals surface area contributed by atoms with Crippen molar-refractivity contribution in [1.82, 2.24) is 19.3 Å². The zero-order chi connectivity index (χ0) is 14.6. The molecule has 1 saturated heterocycles. The molecule has 0 bridgehead atoms. The lowest BCUT2D eigenvalue weighted by atomic mass is 10.1. The minimum atomic E-state index is -3.43. The van der Waals surface area contributed by atoms with Crippen molar-refractivity contribution in [1.29, 1.82) is 0 Å². The first kappa shape index (κ1) is 15.8. The molecule has 0 saturated carbocycles. The van der Waals surface area contributed by atoms with Crippen LogP contribution in [0.5, 0.6) is 0 Å². The number of rotatable bonds is 6. The molecule has 2 rings (SSSR count). The zero-order valence-electron chi connectivity index (χ0n) is 11.9. The van der Waals surface area contributed by atoms with Gasteiger partial charge in [0.05, 0.1) is 11.2 Å². The molecular weight excluding hydrogens is 296 g/mol. The molecule has 0 aromatic carbocycles. The van der Waals surface area contributed by atoms with Gasteiger partial charge in [-0.2, -0.15) is 17.4 Å². The minimum absolute atomic E-state index is 0.0498. The van der Waals surface area contributed by atoms with E-state index in [4.69, 9.17) is 0 Å². The van der Waals surface area contributed by atoms with Gasteiger partial charge in [-0.15, -0.1) is 11.3 Å². The SMILES string of the molecule is CNCC1CCCCN1S(=O)(=O)NCc1scnc1C. The lowest BCUT2D eigenvalue weighted by Gasteiger charge is -2.34. The Hall–Kier alpha value is -0.540. The molecule has 1 aliphatic heterocycles. The van der Waals surface area contributed by atoms with Crippen LogP contribution in [-0.2, 0) is 16.8 Å². The van der Waals surface area contributed by atoms with Crippen LogP contribution in [0.4, 0.5) is 0 Å². The van der Waals surface area contributed by atoms with Gasteiger partial charge in [0, 0.05) is 30.6 Å². The van der Waals surface area contributed by atoms with Crippen molar-refractivity contribution in [2.75, 3.05) is 20.1 Å². The Morgan fingerprint density at radius 3 is 2.95 bits per heavy atom. The highest BCUT2D eigenvalue weighted by atomic mass is 32.2. The van der Waals surface area contributed by atoms with Crippen molar-refractivity contribution < 1.29 is 8.42 Å². The van der Waals surface area contributed by atoms with Gasteiger partial charge in [-0.3, -0.25) is 0 Å².